The Balaban J connectivity index is 1.45. The Hall–Kier alpha value is -7.02. The highest BCUT2D eigenvalue weighted by molar-refractivity contribution is 6.29. The van der Waals surface area contributed by atoms with E-state index in [4.69, 9.17) is 0 Å². The molecule has 0 saturated heterocycles. The maximum absolute atomic E-state index is 2.46. The molecule has 0 unspecified atom stereocenters. The maximum Gasteiger partial charge on any atom is -0.000786 e. The molecule has 0 aliphatic carbocycles. The molecule has 0 atom stereocenters. The maximum atomic E-state index is 2.46. The van der Waals surface area contributed by atoms with Crippen LogP contribution >= 0.6 is 0 Å². The van der Waals surface area contributed by atoms with E-state index in [2.05, 4.69) is 218 Å². The zero-order valence-electron chi connectivity index (χ0n) is 29.8. The van der Waals surface area contributed by atoms with Crippen LogP contribution < -0.4 is 0 Å². The monoisotopic (exact) mass is 684 g/mol. The van der Waals surface area contributed by atoms with Crippen molar-refractivity contribution < 1.29 is 0 Å². The quantitative estimate of drug-likeness (QED) is 0.153. The van der Waals surface area contributed by atoms with E-state index in [1.54, 1.807) is 0 Å². The van der Waals surface area contributed by atoms with Crippen LogP contribution in [0.25, 0.3) is 99.1 Å². The molecule has 0 spiro atoms. The minimum absolute atomic E-state index is 1.21. The fourth-order valence-electron chi connectivity index (χ4n) is 8.39. The van der Waals surface area contributed by atoms with Crippen LogP contribution in [0.15, 0.2) is 218 Å². The highest BCUT2D eigenvalue weighted by Crippen LogP contribution is 2.51. The van der Waals surface area contributed by atoms with Gasteiger partial charge in [-0.25, -0.2) is 0 Å². The number of rotatable bonds is 6. The highest BCUT2D eigenvalue weighted by atomic mass is 14.3. The van der Waals surface area contributed by atoms with E-state index in [9.17, 15) is 0 Å². The van der Waals surface area contributed by atoms with Crippen molar-refractivity contribution in [2.45, 2.75) is 0 Å². The Morgan fingerprint density at radius 2 is 0.463 bits per heavy atom. The van der Waals surface area contributed by atoms with Gasteiger partial charge in [0.25, 0.3) is 0 Å². The van der Waals surface area contributed by atoms with Crippen LogP contribution in [0, 0.1) is 0 Å². The van der Waals surface area contributed by atoms with Gasteiger partial charge in [-0.1, -0.05) is 194 Å². The van der Waals surface area contributed by atoms with Crippen LogP contribution in [0.2, 0.25) is 0 Å². The van der Waals surface area contributed by atoms with E-state index in [0.29, 0.717) is 0 Å². The van der Waals surface area contributed by atoms with Crippen molar-refractivity contribution in [2.24, 2.45) is 0 Å². The summed E-state index contributed by atoms with van der Waals surface area (Å²) in [5.41, 5.74) is 14.7. The molecule has 0 aliphatic rings. The topological polar surface area (TPSA) is 0 Å². The lowest BCUT2D eigenvalue weighted by Gasteiger charge is -2.24. The van der Waals surface area contributed by atoms with E-state index in [0.717, 1.165) is 0 Å². The van der Waals surface area contributed by atoms with Crippen molar-refractivity contribution >= 4 is 32.3 Å². The van der Waals surface area contributed by atoms with Gasteiger partial charge in [0.15, 0.2) is 0 Å². The highest BCUT2D eigenvalue weighted by Gasteiger charge is 2.24. The lowest BCUT2D eigenvalue weighted by atomic mass is 9.79. The molecule has 0 heteroatoms. The van der Waals surface area contributed by atoms with Gasteiger partial charge in [0.2, 0.25) is 0 Å². The summed E-state index contributed by atoms with van der Waals surface area (Å²) in [6, 6.07) is 79.9. The third kappa shape index (κ3) is 5.48. The molecule has 0 N–H and O–H groups in total. The van der Waals surface area contributed by atoms with Gasteiger partial charge in [-0.05, 0) is 123 Å². The van der Waals surface area contributed by atoms with Gasteiger partial charge < -0.3 is 0 Å². The van der Waals surface area contributed by atoms with Crippen molar-refractivity contribution in [2.75, 3.05) is 0 Å². The molecular formula is C54H36. The van der Waals surface area contributed by atoms with Crippen molar-refractivity contribution in [3.8, 4) is 66.8 Å². The van der Waals surface area contributed by atoms with E-state index in [1.165, 1.54) is 99.1 Å². The standard InChI is InChI=1S/C54H36/c1-7-19-37(20-8-1)45-31-32-46(38-21-9-2-10-22-38)54-52(42-29-17-6-18-30-42)50-36-44-34-48(40-25-13-4-14-26-40)47(39-23-11-3-12-24-39)33-43(44)35-49(50)51(53(45)54)41-27-15-5-16-28-41/h1-36H. The SMILES string of the molecule is c1ccc(-c2cc3cc4c(-c5ccccc5)c5c(-c6ccccc6)ccc(-c6ccccc6)c5c(-c5ccccc5)c4cc3cc2-c2ccccc2)cc1. The Morgan fingerprint density at radius 1 is 0.204 bits per heavy atom. The van der Waals surface area contributed by atoms with Crippen molar-refractivity contribution in [1.29, 1.82) is 0 Å². The first kappa shape index (κ1) is 31.7. The van der Waals surface area contributed by atoms with Crippen molar-refractivity contribution in [3.05, 3.63) is 218 Å². The second-order valence-electron chi connectivity index (χ2n) is 14.0. The molecule has 54 heavy (non-hydrogen) atoms. The van der Waals surface area contributed by atoms with Gasteiger partial charge in [0, 0.05) is 0 Å². The summed E-state index contributed by atoms with van der Waals surface area (Å²) in [7, 11) is 0. The van der Waals surface area contributed by atoms with Crippen LogP contribution in [0.4, 0.5) is 0 Å². The average Bonchev–Trinajstić information content (AvgIpc) is 3.26. The Morgan fingerprint density at radius 3 is 0.759 bits per heavy atom. The minimum atomic E-state index is 1.21. The molecule has 0 aliphatic heterocycles. The average molecular weight is 685 g/mol. The third-order valence-corrected chi connectivity index (χ3v) is 10.8. The van der Waals surface area contributed by atoms with E-state index < -0.39 is 0 Å². The molecule has 10 aromatic rings. The molecule has 10 rings (SSSR count). The normalized spacial score (nSPS) is 11.3. The van der Waals surface area contributed by atoms with Crippen molar-refractivity contribution in [3.63, 3.8) is 0 Å². The molecule has 0 heterocycles. The summed E-state index contributed by atoms with van der Waals surface area (Å²) in [4.78, 5) is 0. The molecule has 0 aromatic heterocycles. The Labute approximate surface area is 316 Å². The molecular weight excluding hydrogens is 649 g/mol. The molecule has 0 nitrogen and oxygen atoms in total. The van der Waals surface area contributed by atoms with Crippen LogP contribution in [0.5, 0.6) is 0 Å². The summed E-state index contributed by atoms with van der Waals surface area (Å²) in [5.74, 6) is 0. The van der Waals surface area contributed by atoms with E-state index in [-0.39, 0.29) is 0 Å². The van der Waals surface area contributed by atoms with Crippen molar-refractivity contribution in [1.82, 2.24) is 0 Å². The fraction of sp³-hybridized carbons (Fsp3) is 0. The predicted molar refractivity (Wildman–Crippen MR) is 232 cm³/mol. The van der Waals surface area contributed by atoms with Crippen LogP contribution in [-0.2, 0) is 0 Å². The van der Waals surface area contributed by atoms with Gasteiger partial charge in [0.05, 0.1) is 0 Å². The largest absolute Gasteiger partial charge is 0.0622 e. The third-order valence-electron chi connectivity index (χ3n) is 10.8. The second kappa shape index (κ2) is 13.5. The number of hydrogen-bond acceptors (Lipinski definition) is 0. The number of fused-ring (bicyclic) bond motifs is 3. The summed E-state index contributed by atoms with van der Waals surface area (Å²) in [6.45, 7) is 0. The molecule has 0 saturated carbocycles. The molecule has 10 aromatic carbocycles. The molecule has 0 fully saturated rings. The lowest BCUT2D eigenvalue weighted by Crippen LogP contribution is -1.96. The first-order chi connectivity index (χ1) is 26.8. The van der Waals surface area contributed by atoms with Gasteiger partial charge >= 0.3 is 0 Å². The van der Waals surface area contributed by atoms with Crippen LogP contribution in [0.1, 0.15) is 0 Å². The Bertz CT molecular complexity index is 2710. The van der Waals surface area contributed by atoms with E-state index in [1.807, 2.05) is 0 Å². The molecule has 0 amide bonds. The van der Waals surface area contributed by atoms with Gasteiger partial charge in [0.1, 0.15) is 0 Å². The molecule has 0 bridgehead atoms. The predicted octanol–water partition coefficient (Wildman–Crippen LogP) is 15.1. The Kier molecular flexibility index (Phi) is 7.93. The molecule has 0 radical (unpaired) electrons. The van der Waals surface area contributed by atoms with Gasteiger partial charge in [-0.2, -0.15) is 0 Å². The number of benzene rings is 10. The van der Waals surface area contributed by atoms with Gasteiger partial charge in [-0.3, -0.25) is 0 Å². The van der Waals surface area contributed by atoms with Crippen LogP contribution in [-0.4, -0.2) is 0 Å². The first-order valence-corrected chi connectivity index (χ1v) is 18.7. The number of hydrogen-bond donors (Lipinski definition) is 0. The summed E-state index contributed by atoms with van der Waals surface area (Å²) < 4.78 is 0. The van der Waals surface area contributed by atoms with Gasteiger partial charge in [-0.15, -0.1) is 0 Å². The fourth-order valence-corrected chi connectivity index (χ4v) is 8.39. The lowest BCUT2D eigenvalue weighted by molar-refractivity contribution is 1.60. The summed E-state index contributed by atoms with van der Waals surface area (Å²) in [5, 5.41) is 7.46. The summed E-state index contributed by atoms with van der Waals surface area (Å²) in [6.07, 6.45) is 0. The minimum Gasteiger partial charge on any atom is -0.0622 e. The first-order valence-electron chi connectivity index (χ1n) is 18.7. The zero-order valence-corrected chi connectivity index (χ0v) is 29.8. The zero-order chi connectivity index (χ0) is 35.8. The molecule has 252 valence electrons. The smallest absolute Gasteiger partial charge is 0.000786 e. The summed E-state index contributed by atoms with van der Waals surface area (Å²) >= 11 is 0. The van der Waals surface area contributed by atoms with Crippen LogP contribution in [0.3, 0.4) is 0 Å². The van der Waals surface area contributed by atoms with E-state index >= 15 is 0 Å². The second-order valence-corrected chi connectivity index (χ2v) is 14.0.